The van der Waals surface area contributed by atoms with E-state index in [0.29, 0.717) is 15.1 Å². The lowest BCUT2D eigenvalue weighted by Crippen LogP contribution is -1.91. The number of nitro benzene ring substituents is 1. The molecule has 0 bridgehead atoms. The highest BCUT2D eigenvalue weighted by Crippen LogP contribution is 2.31. The van der Waals surface area contributed by atoms with E-state index in [2.05, 4.69) is 15.9 Å². The molecule has 6 heteroatoms. The number of hydrogen-bond acceptors (Lipinski definition) is 2. The SMILES string of the molecule is O=[N+]([O-])c1cc(CCl)c(Cl)cc1Br. The Morgan fingerprint density at radius 3 is 2.62 bits per heavy atom. The number of benzene rings is 1. The quantitative estimate of drug-likeness (QED) is 0.472. The molecule has 70 valence electrons. The van der Waals surface area contributed by atoms with Gasteiger partial charge in [-0.2, -0.15) is 0 Å². The van der Waals surface area contributed by atoms with E-state index >= 15 is 0 Å². The van der Waals surface area contributed by atoms with E-state index in [1.807, 2.05) is 0 Å². The zero-order chi connectivity index (χ0) is 10.0. The highest BCUT2D eigenvalue weighted by atomic mass is 79.9. The third kappa shape index (κ3) is 2.33. The molecular weight excluding hydrogens is 281 g/mol. The molecule has 0 spiro atoms. The van der Waals surface area contributed by atoms with Gasteiger partial charge < -0.3 is 0 Å². The first-order valence-corrected chi connectivity index (χ1v) is 4.95. The molecule has 1 rings (SSSR count). The number of alkyl halides is 1. The van der Waals surface area contributed by atoms with E-state index in [1.165, 1.54) is 12.1 Å². The van der Waals surface area contributed by atoms with Crippen LogP contribution >= 0.6 is 39.1 Å². The molecule has 1 aromatic carbocycles. The largest absolute Gasteiger partial charge is 0.283 e. The minimum Gasteiger partial charge on any atom is -0.258 e. The minimum absolute atomic E-state index is 0.0277. The van der Waals surface area contributed by atoms with Crippen LogP contribution in [0, 0.1) is 10.1 Å². The number of nitro groups is 1. The molecule has 0 radical (unpaired) electrons. The Hall–Kier alpha value is -0.320. The fourth-order valence-electron chi connectivity index (χ4n) is 0.823. The zero-order valence-corrected chi connectivity index (χ0v) is 9.36. The standard InChI is InChI=1S/C7H4BrCl2NO2/c8-5-2-6(10)4(3-9)1-7(5)11(12)13/h1-2H,3H2. The van der Waals surface area contributed by atoms with Crippen LogP contribution in [0.5, 0.6) is 0 Å². The molecule has 0 amide bonds. The van der Waals surface area contributed by atoms with Crippen LogP contribution in [0.15, 0.2) is 16.6 Å². The van der Waals surface area contributed by atoms with Crippen LogP contribution in [0.3, 0.4) is 0 Å². The molecule has 0 saturated carbocycles. The van der Waals surface area contributed by atoms with Gasteiger partial charge in [-0.25, -0.2) is 0 Å². The molecule has 13 heavy (non-hydrogen) atoms. The second-order valence-electron chi connectivity index (χ2n) is 2.29. The molecule has 0 atom stereocenters. The fraction of sp³-hybridized carbons (Fsp3) is 0.143. The number of rotatable bonds is 2. The average Bonchev–Trinajstić information content (AvgIpc) is 2.03. The smallest absolute Gasteiger partial charge is 0.258 e. The lowest BCUT2D eigenvalue weighted by Gasteiger charge is -2.01. The second-order valence-corrected chi connectivity index (χ2v) is 3.81. The van der Waals surface area contributed by atoms with Crippen LogP contribution in [0.25, 0.3) is 0 Å². The van der Waals surface area contributed by atoms with Gasteiger partial charge in [0.05, 0.1) is 9.40 Å². The molecule has 0 aliphatic heterocycles. The van der Waals surface area contributed by atoms with Crippen molar-refractivity contribution in [3.05, 3.63) is 37.3 Å². The maximum Gasteiger partial charge on any atom is 0.283 e. The van der Waals surface area contributed by atoms with Crippen molar-refractivity contribution in [2.75, 3.05) is 0 Å². The van der Waals surface area contributed by atoms with E-state index in [0.717, 1.165) is 0 Å². The van der Waals surface area contributed by atoms with E-state index in [4.69, 9.17) is 23.2 Å². The summed E-state index contributed by atoms with van der Waals surface area (Å²) in [6, 6.07) is 2.83. The van der Waals surface area contributed by atoms with Crippen LogP contribution in [-0.4, -0.2) is 4.92 Å². The van der Waals surface area contributed by atoms with Gasteiger partial charge in [-0.15, -0.1) is 11.6 Å². The van der Waals surface area contributed by atoms with Crippen molar-refractivity contribution < 1.29 is 4.92 Å². The van der Waals surface area contributed by atoms with Gasteiger partial charge in [0.25, 0.3) is 5.69 Å². The summed E-state index contributed by atoms with van der Waals surface area (Å²) in [4.78, 5) is 10.0. The summed E-state index contributed by atoms with van der Waals surface area (Å²) in [6.45, 7) is 0. The zero-order valence-electron chi connectivity index (χ0n) is 6.26. The lowest BCUT2D eigenvalue weighted by molar-refractivity contribution is -0.385. The molecule has 0 aliphatic carbocycles. The van der Waals surface area contributed by atoms with E-state index in [1.54, 1.807) is 0 Å². The first kappa shape index (κ1) is 10.8. The number of hydrogen-bond donors (Lipinski definition) is 0. The second kappa shape index (κ2) is 4.26. The maximum atomic E-state index is 10.5. The molecule has 0 heterocycles. The van der Waals surface area contributed by atoms with Crippen LogP contribution in [0.4, 0.5) is 5.69 Å². The van der Waals surface area contributed by atoms with Gasteiger partial charge in [-0.3, -0.25) is 10.1 Å². The summed E-state index contributed by atoms with van der Waals surface area (Å²) >= 11 is 14.3. The summed E-state index contributed by atoms with van der Waals surface area (Å²) in [7, 11) is 0. The van der Waals surface area contributed by atoms with Gasteiger partial charge in [0.1, 0.15) is 0 Å². The molecule has 0 aliphatic rings. The highest BCUT2D eigenvalue weighted by molar-refractivity contribution is 9.10. The van der Waals surface area contributed by atoms with Gasteiger partial charge in [-0.1, -0.05) is 11.6 Å². The summed E-state index contributed by atoms with van der Waals surface area (Å²) < 4.78 is 0.358. The Morgan fingerprint density at radius 2 is 2.15 bits per heavy atom. The highest BCUT2D eigenvalue weighted by Gasteiger charge is 2.14. The number of halogens is 3. The summed E-state index contributed by atoms with van der Waals surface area (Å²) in [5.41, 5.74) is 0.526. The Bertz CT molecular complexity index is 357. The van der Waals surface area contributed by atoms with Crippen LogP contribution < -0.4 is 0 Å². The van der Waals surface area contributed by atoms with Gasteiger partial charge in [0, 0.05) is 17.0 Å². The molecule has 1 aromatic rings. The van der Waals surface area contributed by atoms with E-state index < -0.39 is 4.92 Å². The minimum atomic E-state index is -0.490. The van der Waals surface area contributed by atoms with Crippen LogP contribution in [-0.2, 0) is 5.88 Å². The van der Waals surface area contributed by atoms with Crippen molar-refractivity contribution in [2.45, 2.75) is 5.88 Å². The summed E-state index contributed by atoms with van der Waals surface area (Å²) in [5, 5.41) is 10.9. The maximum absolute atomic E-state index is 10.5. The van der Waals surface area contributed by atoms with Crippen molar-refractivity contribution in [3.8, 4) is 0 Å². The molecule has 3 nitrogen and oxygen atoms in total. The predicted octanol–water partition coefficient (Wildman–Crippen LogP) is 3.75. The van der Waals surface area contributed by atoms with E-state index in [-0.39, 0.29) is 11.6 Å². The van der Waals surface area contributed by atoms with Crippen molar-refractivity contribution in [1.29, 1.82) is 0 Å². The first-order chi connectivity index (χ1) is 6.06. The topological polar surface area (TPSA) is 43.1 Å². The molecule has 0 fully saturated rings. The van der Waals surface area contributed by atoms with Crippen molar-refractivity contribution in [2.24, 2.45) is 0 Å². The Kier molecular flexibility index (Phi) is 3.53. The molecule has 0 aromatic heterocycles. The van der Waals surface area contributed by atoms with Crippen LogP contribution in [0.2, 0.25) is 5.02 Å². The Labute approximate surface area is 92.9 Å². The summed E-state index contributed by atoms with van der Waals surface area (Å²) in [5.74, 6) is 0.160. The molecule has 0 saturated heterocycles. The van der Waals surface area contributed by atoms with Crippen molar-refractivity contribution in [1.82, 2.24) is 0 Å². The Balaban J connectivity index is 3.30. The molecule has 0 N–H and O–H groups in total. The summed E-state index contributed by atoms with van der Waals surface area (Å²) in [6.07, 6.45) is 0. The van der Waals surface area contributed by atoms with Gasteiger partial charge >= 0.3 is 0 Å². The van der Waals surface area contributed by atoms with Gasteiger partial charge in [0.15, 0.2) is 0 Å². The van der Waals surface area contributed by atoms with Crippen molar-refractivity contribution >= 4 is 44.8 Å². The van der Waals surface area contributed by atoms with Gasteiger partial charge in [-0.05, 0) is 27.6 Å². The Morgan fingerprint density at radius 1 is 1.54 bits per heavy atom. The average molecular weight is 285 g/mol. The molecule has 0 unspecified atom stereocenters. The normalized spacial score (nSPS) is 10.1. The first-order valence-electron chi connectivity index (χ1n) is 3.24. The fourth-order valence-corrected chi connectivity index (χ4v) is 1.96. The molecular formula is C7H4BrCl2NO2. The van der Waals surface area contributed by atoms with Crippen LogP contribution in [0.1, 0.15) is 5.56 Å². The third-order valence-electron chi connectivity index (χ3n) is 1.46. The lowest BCUT2D eigenvalue weighted by atomic mass is 10.2. The van der Waals surface area contributed by atoms with Crippen molar-refractivity contribution in [3.63, 3.8) is 0 Å². The third-order valence-corrected chi connectivity index (χ3v) is 2.73. The van der Waals surface area contributed by atoms with E-state index in [9.17, 15) is 10.1 Å². The number of nitrogens with zero attached hydrogens (tertiary/aromatic N) is 1. The predicted molar refractivity (Wildman–Crippen MR) is 55.4 cm³/mol. The monoisotopic (exact) mass is 283 g/mol. The van der Waals surface area contributed by atoms with Gasteiger partial charge in [0.2, 0.25) is 0 Å².